The number of benzene rings is 1. The minimum absolute atomic E-state index is 0.554. The van der Waals surface area contributed by atoms with Gasteiger partial charge in [-0.2, -0.15) is 5.26 Å². The molecule has 26 heavy (non-hydrogen) atoms. The maximum Gasteiger partial charge on any atom is 0.153 e. The second kappa shape index (κ2) is 6.73. The van der Waals surface area contributed by atoms with Crippen LogP contribution in [0.25, 0.3) is 11.0 Å². The highest BCUT2D eigenvalue weighted by Crippen LogP contribution is 2.31. The third kappa shape index (κ3) is 2.89. The number of hydrogen-bond donors (Lipinski definition) is 0. The first-order chi connectivity index (χ1) is 12.7. The van der Waals surface area contributed by atoms with Gasteiger partial charge >= 0.3 is 0 Å². The first-order valence-corrected chi connectivity index (χ1v) is 8.74. The fourth-order valence-corrected chi connectivity index (χ4v) is 3.35. The van der Waals surface area contributed by atoms with Gasteiger partial charge in [0.05, 0.1) is 17.1 Å². The lowest BCUT2D eigenvalue weighted by Gasteiger charge is -2.34. The van der Waals surface area contributed by atoms with Crippen molar-refractivity contribution in [2.75, 3.05) is 38.1 Å². The summed E-state index contributed by atoms with van der Waals surface area (Å²) in [6, 6.07) is 10.2. The van der Waals surface area contributed by atoms with Crippen LogP contribution in [0, 0.1) is 11.3 Å². The van der Waals surface area contributed by atoms with Crippen LogP contribution in [-0.2, 0) is 7.05 Å². The highest BCUT2D eigenvalue weighted by molar-refractivity contribution is 5.77. The lowest BCUT2D eigenvalue weighted by atomic mass is 10.0. The van der Waals surface area contributed by atoms with E-state index in [0.717, 1.165) is 43.0 Å². The van der Waals surface area contributed by atoms with E-state index in [0.29, 0.717) is 11.5 Å². The Morgan fingerprint density at radius 3 is 2.35 bits per heavy atom. The molecule has 0 spiro atoms. The summed E-state index contributed by atoms with van der Waals surface area (Å²) in [6.07, 6.45) is 3.56. The van der Waals surface area contributed by atoms with Crippen molar-refractivity contribution >= 4 is 16.9 Å². The van der Waals surface area contributed by atoms with E-state index >= 15 is 0 Å². The molecule has 7 heteroatoms. The van der Waals surface area contributed by atoms with Crippen molar-refractivity contribution in [2.24, 2.45) is 7.05 Å². The fraction of sp³-hybridized carbons (Fsp3) is 0.368. The number of aryl methyl sites for hydroxylation is 1. The third-order valence-electron chi connectivity index (χ3n) is 4.90. The van der Waals surface area contributed by atoms with Crippen LogP contribution in [0.1, 0.15) is 17.4 Å². The molecule has 0 amide bonds. The number of para-hydroxylation sites is 2. The molecular weight excluding hydrogens is 326 g/mol. The van der Waals surface area contributed by atoms with Gasteiger partial charge in [-0.1, -0.05) is 12.1 Å². The average molecular weight is 347 g/mol. The Bertz CT molecular complexity index is 963. The number of aromatic nitrogens is 4. The summed E-state index contributed by atoms with van der Waals surface area (Å²) in [7, 11) is 4.02. The zero-order valence-electron chi connectivity index (χ0n) is 15.0. The molecule has 1 aromatic carbocycles. The number of imidazole rings is 1. The molecule has 1 fully saturated rings. The third-order valence-corrected chi connectivity index (χ3v) is 4.90. The Balaban J connectivity index is 1.87. The minimum Gasteiger partial charge on any atom is -0.352 e. The van der Waals surface area contributed by atoms with Crippen LogP contribution in [-0.4, -0.2) is 57.6 Å². The Morgan fingerprint density at radius 2 is 1.73 bits per heavy atom. The van der Waals surface area contributed by atoms with E-state index in [2.05, 4.69) is 27.9 Å². The van der Waals surface area contributed by atoms with Crippen LogP contribution in [0.3, 0.4) is 0 Å². The van der Waals surface area contributed by atoms with E-state index in [1.54, 1.807) is 6.20 Å². The highest BCUT2D eigenvalue weighted by atomic mass is 15.3. The Kier molecular flexibility index (Phi) is 4.27. The summed E-state index contributed by atoms with van der Waals surface area (Å²) < 4.78 is 1.87. The largest absolute Gasteiger partial charge is 0.352 e. The highest BCUT2D eigenvalue weighted by Gasteiger charge is 2.28. The Morgan fingerprint density at radius 1 is 1.04 bits per heavy atom. The van der Waals surface area contributed by atoms with E-state index in [1.807, 2.05) is 42.1 Å². The smallest absolute Gasteiger partial charge is 0.153 e. The normalized spacial score (nSPS) is 16.6. The van der Waals surface area contributed by atoms with Crippen molar-refractivity contribution in [3.63, 3.8) is 0 Å². The number of hydrogen-bond acceptors (Lipinski definition) is 6. The van der Waals surface area contributed by atoms with Crippen molar-refractivity contribution < 1.29 is 0 Å². The molecule has 4 rings (SSSR count). The van der Waals surface area contributed by atoms with Gasteiger partial charge in [-0.15, -0.1) is 0 Å². The SMILES string of the molecule is CN1CCN(c2nc3ccccc3nc2C(C#N)c2nccn2C)CC1. The molecule has 7 nitrogen and oxygen atoms in total. The first-order valence-electron chi connectivity index (χ1n) is 8.74. The molecule has 0 saturated carbocycles. The average Bonchev–Trinajstić information content (AvgIpc) is 3.08. The van der Waals surface area contributed by atoms with Crippen molar-refractivity contribution in [1.29, 1.82) is 5.26 Å². The summed E-state index contributed by atoms with van der Waals surface area (Å²) in [5.74, 6) is 0.931. The van der Waals surface area contributed by atoms with Gasteiger partial charge in [-0.3, -0.25) is 0 Å². The quantitative estimate of drug-likeness (QED) is 0.719. The summed E-state index contributed by atoms with van der Waals surface area (Å²) in [5, 5.41) is 9.91. The van der Waals surface area contributed by atoms with Gasteiger partial charge in [0.2, 0.25) is 0 Å². The second-order valence-electron chi connectivity index (χ2n) is 6.67. The molecule has 0 N–H and O–H groups in total. The zero-order valence-corrected chi connectivity index (χ0v) is 15.0. The van der Waals surface area contributed by atoms with Crippen molar-refractivity contribution in [2.45, 2.75) is 5.92 Å². The summed E-state index contributed by atoms with van der Waals surface area (Å²) in [5.41, 5.74) is 2.33. The lowest BCUT2D eigenvalue weighted by Crippen LogP contribution is -2.45. The number of anilines is 1. The van der Waals surface area contributed by atoms with Gasteiger partial charge in [-0.05, 0) is 19.2 Å². The standard InChI is InChI=1S/C19H21N7/c1-24-9-11-26(12-10-24)19-17(14(13-20)18-21-7-8-25(18)2)22-15-5-3-4-6-16(15)23-19/h3-8,14H,9-12H2,1-2H3. The zero-order chi connectivity index (χ0) is 18.1. The van der Waals surface area contributed by atoms with E-state index in [9.17, 15) is 5.26 Å². The number of piperazine rings is 1. The van der Waals surface area contributed by atoms with E-state index in [-0.39, 0.29) is 0 Å². The fourth-order valence-electron chi connectivity index (χ4n) is 3.35. The first kappa shape index (κ1) is 16.5. The monoisotopic (exact) mass is 347 g/mol. The minimum atomic E-state index is -0.554. The number of rotatable bonds is 3. The molecule has 0 radical (unpaired) electrons. The van der Waals surface area contributed by atoms with Gasteiger partial charge < -0.3 is 14.4 Å². The molecule has 1 unspecified atom stereocenters. The summed E-state index contributed by atoms with van der Waals surface area (Å²) >= 11 is 0. The van der Waals surface area contributed by atoms with Gasteiger partial charge in [0.15, 0.2) is 5.82 Å². The second-order valence-corrected chi connectivity index (χ2v) is 6.67. The molecule has 1 aliphatic heterocycles. The van der Waals surface area contributed by atoms with Crippen molar-refractivity contribution in [3.8, 4) is 6.07 Å². The molecular formula is C19H21N7. The molecule has 132 valence electrons. The van der Waals surface area contributed by atoms with Gasteiger partial charge in [0.1, 0.15) is 17.4 Å². The maximum absolute atomic E-state index is 9.91. The van der Waals surface area contributed by atoms with Crippen molar-refractivity contribution in [1.82, 2.24) is 24.4 Å². The molecule has 2 aromatic heterocycles. The van der Waals surface area contributed by atoms with E-state index in [4.69, 9.17) is 9.97 Å². The van der Waals surface area contributed by atoms with Gasteiger partial charge in [-0.25, -0.2) is 15.0 Å². The van der Waals surface area contributed by atoms with Crippen LogP contribution in [0.4, 0.5) is 5.82 Å². The molecule has 0 aliphatic carbocycles. The molecule has 1 saturated heterocycles. The Labute approximate surface area is 152 Å². The van der Waals surface area contributed by atoms with Crippen LogP contribution < -0.4 is 4.90 Å². The lowest BCUT2D eigenvalue weighted by molar-refractivity contribution is 0.311. The number of fused-ring (bicyclic) bond motifs is 1. The predicted octanol–water partition coefficient (Wildman–Crippen LogP) is 1.77. The van der Waals surface area contributed by atoms with Crippen LogP contribution >= 0.6 is 0 Å². The van der Waals surface area contributed by atoms with E-state index in [1.165, 1.54) is 0 Å². The van der Waals surface area contributed by atoms with Crippen LogP contribution in [0.2, 0.25) is 0 Å². The molecule has 3 heterocycles. The predicted molar refractivity (Wildman–Crippen MR) is 99.9 cm³/mol. The Hall–Kier alpha value is -2.98. The molecule has 3 aromatic rings. The topological polar surface area (TPSA) is 73.9 Å². The number of nitrogens with zero attached hydrogens (tertiary/aromatic N) is 7. The maximum atomic E-state index is 9.91. The van der Waals surface area contributed by atoms with Crippen molar-refractivity contribution in [3.05, 3.63) is 48.2 Å². The number of nitriles is 1. The van der Waals surface area contributed by atoms with Gasteiger partial charge in [0, 0.05) is 45.6 Å². The number of likely N-dealkylation sites (N-methyl/N-ethyl adjacent to an activating group) is 1. The molecule has 1 aliphatic rings. The summed E-state index contributed by atoms with van der Waals surface area (Å²) in [6.45, 7) is 3.67. The molecule has 0 bridgehead atoms. The van der Waals surface area contributed by atoms with Crippen LogP contribution in [0.5, 0.6) is 0 Å². The van der Waals surface area contributed by atoms with Crippen LogP contribution in [0.15, 0.2) is 36.7 Å². The molecule has 1 atom stereocenters. The van der Waals surface area contributed by atoms with Gasteiger partial charge in [0.25, 0.3) is 0 Å². The summed E-state index contributed by atoms with van der Waals surface area (Å²) in [4.78, 5) is 18.7. The van der Waals surface area contributed by atoms with E-state index < -0.39 is 5.92 Å².